The molecule has 0 unspecified atom stereocenters. The van der Waals surface area contributed by atoms with Crippen LogP contribution < -0.4 is 0 Å². The number of benzene rings is 6. The van der Waals surface area contributed by atoms with Crippen LogP contribution in [0.5, 0.6) is 0 Å². The largest absolute Gasteiger partial charge is 0.213 e. The second kappa shape index (κ2) is 18.1. The molecular weight excluding hydrogens is 733 g/mol. The molecule has 6 nitrogen and oxygen atoms in total. The highest BCUT2D eigenvalue weighted by Gasteiger charge is 2.13. The third kappa shape index (κ3) is 9.61. The average molecular weight is 789 g/mol. The lowest BCUT2D eigenvalue weighted by Gasteiger charge is -2.13. The van der Waals surface area contributed by atoms with Gasteiger partial charge in [-0.05, 0) is 138 Å². The average Bonchev–Trinajstić information content (AvgIpc) is 3.19. The molecule has 8 rings (SSSR count). The molecule has 6 heteroatoms. The minimum Gasteiger partial charge on any atom is -0.213 e. The van der Waals surface area contributed by atoms with Gasteiger partial charge in [0.2, 0.25) is 0 Å². The minimum absolute atomic E-state index is 0. The Labute approximate surface area is 357 Å². The van der Waals surface area contributed by atoms with Gasteiger partial charge in [-0.2, -0.15) is 0 Å². The van der Waals surface area contributed by atoms with Crippen LogP contribution in [-0.4, -0.2) is 29.9 Å². The quantitative estimate of drug-likeness (QED) is 0.167. The molecule has 2 aromatic heterocycles. The van der Waals surface area contributed by atoms with Crippen LogP contribution in [0.3, 0.4) is 0 Å². The van der Waals surface area contributed by atoms with Gasteiger partial charge >= 0.3 is 0 Å². The van der Waals surface area contributed by atoms with Gasteiger partial charge < -0.3 is 0 Å². The Hall–Kier alpha value is -6.66. The number of hydrogen-bond donors (Lipinski definition) is 0. The van der Waals surface area contributed by atoms with E-state index < -0.39 is 0 Å². The molecule has 0 fully saturated rings. The molecule has 0 saturated heterocycles. The van der Waals surface area contributed by atoms with Gasteiger partial charge in [-0.3, -0.25) is 0 Å². The zero-order chi connectivity index (χ0) is 42.0. The summed E-state index contributed by atoms with van der Waals surface area (Å²) in [5, 5.41) is 0. The van der Waals surface area contributed by atoms with Crippen molar-refractivity contribution in [3.05, 3.63) is 177 Å². The predicted molar refractivity (Wildman–Crippen MR) is 251 cm³/mol. The highest BCUT2D eigenvalue weighted by Crippen LogP contribution is 2.32. The number of aryl methyl sites for hydroxylation is 11. The van der Waals surface area contributed by atoms with Gasteiger partial charge in [-0.1, -0.05) is 133 Å². The van der Waals surface area contributed by atoms with Gasteiger partial charge in [-0.25, -0.2) is 29.9 Å². The zero-order valence-corrected chi connectivity index (χ0v) is 36.2. The molecule has 302 valence electrons. The molecule has 0 amide bonds. The Morgan fingerprint density at radius 3 is 0.900 bits per heavy atom. The lowest BCUT2D eigenvalue weighted by atomic mass is 9.93. The molecular formula is C54H56N6. The lowest BCUT2D eigenvalue weighted by Crippen LogP contribution is -2.00. The van der Waals surface area contributed by atoms with Crippen molar-refractivity contribution < 1.29 is 0 Å². The summed E-state index contributed by atoms with van der Waals surface area (Å²) in [5.41, 5.74) is 20.5. The lowest BCUT2D eigenvalue weighted by molar-refractivity contribution is 0.991. The summed E-state index contributed by atoms with van der Waals surface area (Å²) in [6.45, 7) is 23.1. The molecule has 0 atom stereocenters. The Morgan fingerprint density at radius 2 is 0.550 bits per heavy atom. The third-order valence-electron chi connectivity index (χ3n) is 10.8. The van der Waals surface area contributed by atoms with Crippen LogP contribution in [0, 0.1) is 76.2 Å². The van der Waals surface area contributed by atoms with Crippen LogP contribution in [0.2, 0.25) is 0 Å². The molecule has 8 aromatic rings. The van der Waals surface area contributed by atoms with Crippen LogP contribution in [0.1, 0.15) is 69.1 Å². The Morgan fingerprint density at radius 1 is 0.250 bits per heavy atom. The van der Waals surface area contributed by atoms with E-state index in [-0.39, 0.29) is 7.43 Å². The first-order valence-electron chi connectivity index (χ1n) is 20.2. The summed E-state index contributed by atoms with van der Waals surface area (Å²) in [6.07, 6.45) is 0. The first-order chi connectivity index (χ1) is 28.2. The van der Waals surface area contributed by atoms with Crippen molar-refractivity contribution in [1.29, 1.82) is 0 Å². The third-order valence-corrected chi connectivity index (χ3v) is 10.8. The smallest absolute Gasteiger partial charge is 0.163 e. The normalized spacial score (nSPS) is 10.8. The number of hydrogen-bond acceptors (Lipinski definition) is 6. The van der Waals surface area contributed by atoms with Crippen LogP contribution in [0.4, 0.5) is 0 Å². The van der Waals surface area contributed by atoms with E-state index >= 15 is 0 Å². The van der Waals surface area contributed by atoms with Gasteiger partial charge in [0.05, 0.1) is 0 Å². The van der Waals surface area contributed by atoms with Crippen molar-refractivity contribution in [3.8, 4) is 67.8 Å². The molecule has 0 bridgehead atoms. The monoisotopic (exact) mass is 788 g/mol. The maximum atomic E-state index is 4.85. The summed E-state index contributed by atoms with van der Waals surface area (Å²) < 4.78 is 0. The zero-order valence-electron chi connectivity index (χ0n) is 36.2. The maximum Gasteiger partial charge on any atom is 0.163 e. The fraction of sp³-hybridized carbons (Fsp3) is 0.222. The highest BCUT2D eigenvalue weighted by atomic mass is 15.0. The number of nitrogens with zero attached hydrogens (tertiary/aromatic N) is 6. The van der Waals surface area contributed by atoms with Gasteiger partial charge in [0, 0.05) is 22.3 Å². The van der Waals surface area contributed by atoms with E-state index in [4.69, 9.17) is 4.98 Å². The van der Waals surface area contributed by atoms with E-state index in [1.807, 2.05) is 26.0 Å². The van der Waals surface area contributed by atoms with Crippen molar-refractivity contribution >= 4 is 0 Å². The summed E-state index contributed by atoms with van der Waals surface area (Å²) >= 11 is 0. The molecule has 60 heavy (non-hydrogen) atoms. The summed E-state index contributed by atoms with van der Waals surface area (Å²) in [5.74, 6) is 4.29. The second-order valence-electron chi connectivity index (χ2n) is 15.9. The van der Waals surface area contributed by atoms with Gasteiger partial charge in [0.1, 0.15) is 11.6 Å². The molecule has 0 spiro atoms. The van der Waals surface area contributed by atoms with E-state index in [0.717, 1.165) is 39.7 Å². The second-order valence-corrected chi connectivity index (χ2v) is 15.9. The molecule has 0 aliphatic carbocycles. The van der Waals surface area contributed by atoms with Crippen molar-refractivity contribution in [3.63, 3.8) is 0 Å². The van der Waals surface area contributed by atoms with Crippen molar-refractivity contribution in [2.24, 2.45) is 0 Å². The van der Waals surface area contributed by atoms with E-state index in [1.54, 1.807) is 0 Å². The molecule has 2 heterocycles. The SMILES string of the molecule is C.Cc1cc(C)c(-c2ccc(-c3nc(C)nc(-c4ccc(-c5c(C)cc(C)cc5C)cc4)n3)cc2)c(C)c1.Cc1ccc(-c2nc(C)nc(-c3ccc(C)c(C)c3)n2)cc1. The van der Waals surface area contributed by atoms with Crippen LogP contribution >= 0.6 is 0 Å². The van der Waals surface area contributed by atoms with E-state index in [9.17, 15) is 0 Å². The summed E-state index contributed by atoms with van der Waals surface area (Å²) in [7, 11) is 0. The van der Waals surface area contributed by atoms with Crippen molar-refractivity contribution in [2.75, 3.05) is 0 Å². The molecule has 0 aliphatic heterocycles. The minimum atomic E-state index is 0. The first-order valence-corrected chi connectivity index (χ1v) is 20.2. The summed E-state index contributed by atoms with van der Waals surface area (Å²) in [6, 6.07) is 40.6. The van der Waals surface area contributed by atoms with Crippen LogP contribution in [0.25, 0.3) is 67.8 Å². The number of aromatic nitrogens is 6. The standard InChI is InChI=1S/C34H33N3.C19H19N3.CH4/c1-20-16-22(3)31(23(4)17-20)27-8-12-29(13-9-27)33-35-26(7)36-34(37-33)30-14-10-28(11-15-30)32-24(5)18-21(2)19-25(32)6;1-12-5-8-16(9-6-12)18-20-15(4)21-19(22-18)17-10-7-13(2)14(3)11-17;/h8-19H,1-7H3;5-11H,1-4H3;1H4. The van der Waals surface area contributed by atoms with Crippen LogP contribution in [0.15, 0.2) is 115 Å². The van der Waals surface area contributed by atoms with E-state index in [1.165, 1.54) is 72.3 Å². The van der Waals surface area contributed by atoms with Crippen molar-refractivity contribution in [2.45, 2.75) is 83.6 Å². The highest BCUT2D eigenvalue weighted by molar-refractivity contribution is 5.75. The predicted octanol–water partition coefficient (Wildman–Crippen LogP) is 13.8. The van der Waals surface area contributed by atoms with Gasteiger partial charge in [0.25, 0.3) is 0 Å². The fourth-order valence-corrected chi connectivity index (χ4v) is 7.91. The Balaban J connectivity index is 0.000000224. The van der Waals surface area contributed by atoms with E-state index in [2.05, 4.69) is 190 Å². The molecule has 6 aromatic carbocycles. The maximum absolute atomic E-state index is 4.85. The molecule has 0 N–H and O–H groups in total. The number of rotatable bonds is 6. The van der Waals surface area contributed by atoms with Crippen molar-refractivity contribution in [1.82, 2.24) is 29.9 Å². The Kier molecular flexibility index (Phi) is 12.9. The molecule has 0 aliphatic rings. The van der Waals surface area contributed by atoms with Crippen LogP contribution in [-0.2, 0) is 0 Å². The first kappa shape index (κ1) is 42.9. The fourth-order valence-electron chi connectivity index (χ4n) is 7.91. The van der Waals surface area contributed by atoms with E-state index in [0.29, 0.717) is 17.5 Å². The Bertz CT molecular complexity index is 2640. The topological polar surface area (TPSA) is 77.3 Å². The molecule has 0 radical (unpaired) electrons. The van der Waals surface area contributed by atoms with Gasteiger partial charge in [0.15, 0.2) is 23.3 Å². The molecule has 0 saturated carbocycles. The van der Waals surface area contributed by atoms with Gasteiger partial charge in [-0.15, -0.1) is 0 Å². The summed E-state index contributed by atoms with van der Waals surface area (Å²) in [4.78, 5) is 27.8.